The summed E-state index contributed by atoms with van der Waals surface area (Å²) in [6.45, 7) is 13.1. The van der Waals surface area contributed by atoms with Gasteiger partial charge in [0.1, 0.15) is 8.07 Å². The van der Waals surface area contributed by atoms with E-state index in [0.717, 1.165) is 33.8 Å². The number of benzene rings is 3. The molecule has 1 fully saturated rings. The molecule has 0 atom stereocenters. The fourth-order valence-corrected chi connectivity index (χ4v) is 8.59. The topological polar surface area (TPSA) is 44.2 Å². The number of hydrogen-bond acceptors (Lipinski definition) is 4. The van der Waals surface area contributed by atoms with Gasteiger partial charge in [-0.05, 0) is 49.1 Å². The van der Waals surface area contributed by atoms with E-state index < -0.39 is 26.4 Å². The van der Waals surface area contributed by atoms with Crippen molar-refractivity contribution in [3.63, 3.8) is 0 Å². The molecular weight excluding hydrogens is 459 g/mol. The number of nitrogens with zero attached hydrogens (tertiary/aromatic N) is 2. The maximum atomic E-state index is 6.32. The van der Waals surface area contributed by atoms with Crippen molar-refractivity contribution in [1.29, 1.82) is 0 Å². The van der Waals surface area contributed by atoms with E-state index >= 15 is 0 Å². The quantitative estimate of drug-likeness (QED) is 0.383. The van der Waals surface area contributed by atoms with E-state index in [1.165, 1.54) is 15.9 Å². The summed E-state index contributed by atoms with van der Waals surface area (Å²) >= 11 is 0. The summed E-state index contributed by atoms with van der Waals surface area (Å²) in [7, 11) is -2.39. The molecule has 6 rings (SSSR count). The Bertz CT molecular complexity index is 1470. The molecule has 36 heavy (non-hydrogen) atoms. The molecule has 3 aromatic carbocycles. The minimum Gasteiger partial charge on any atom is -0.399 e. The molecule has 2 aliphatic rings. The smallest absolute Gasteiger partial charge is 0.399 e. The van der Waals surface area contributed by atoms with Gasteiger partial charge in [-0.15, -0.1) is 0 Å². The molecule has 3 heterocycles. The number of rotatable bonds is 3. The van der Waals surface area contributed by atoms with Crippen LogP contribution in [0.25, 0.3) is 33.9 Å². The standard InChI is InChI=1S/C30H31BN2O2Si/c1-29(2)30(3,4)35-31(34-29)22-16-12-15-21(19-22)28-32-25(20-13-8-7-9-14-20)27-26(33-28)23-17-10-11-18-24(23)36(27,5)6/h7-19H,1-6H3. The number of hydrogen-bond donors (Lipinski definition) is 0. The highest BCUT2D eigenvalue weighted by atomic mass is 28.3. The third-order valence-corrected chi connectivity index (χ3v) is 11.6. The van der Waals surface area contributed by atoms with Gasteiger partial charge in [0.05, 0.1) is 22.6 Å². The zero-order valence-electron chi connectivity index (χ0n) is 21.8. The molecule has 0 bridgehead atoms. The zero-order chi connectivity index (χ0) is 25.3. The average Bonchev–Trinajstić information content (AvgIpc) is 3.24. The second-order valence-corrected chi connectivity index (χ2v) is 15.7. The van der Waals surface area contributed by atoms with Crippen LogP contribution in [0.3, 0.4) is 0 Å². The van der Waals surface area contributed by atoms with E-state index in [1.54, 1.807) is 0 Å². The van der Waals surface area contributed by atoms with Crippen LogP contribution >= 0.6 is 0 Å². The third-order valence-electron chi connectivity index (χ3n) is 8.11. The summed E-state index contributed by atoms with van der Waals surface area (Å²) in [5.74, 6) is 0.729. The molecule has 0 saturated carbocycles. The molecule has 0 N–H and O–H groups in total. The van der Waals surface area contributed by atoms with E-state index in [0.29, 0.717) is 0 Å². The first kappa shape index (κ1) is 23.3. The molecule has 2 aliphatic heterocycles. The van der Waals surface area contributed by atoms with Crippen molar-refractivity contribution in [3.05, 3.63) is 78.9 Å². The van der Waals surface area contributed by atoms with Crippen LogP contribution in [0.4, 0.5) is 0 Å². The second kappa shape index (κ2) is 7.97. The van der Waals surface area contributed by atoms with Gasteiger partial charge in [-0.2, -0.15) is 0 Å². The highest BCUT2D eigenvalue weighted by Gasteiger charge is 2.51. The van der Waals surface area contributed by atoms with E-state index in [9.17, 15) is 0 Å². The SMILES string of the molecule is CC1(C)OB(c2cccc(-c3nc(-c4ccccc4)c4c(n3)-c3ccccc3[Si]4(C)C)c2)OC1(C)C. The van der Waals surface area contributed by atoms with Gasteiger partial charge in [0.25, 0.3) is 0 Å². The van der Waals surface area contributed by atoms with Crippen molar-refractivity contribution < 1.29 is 9.31 Å². The molecule has 6 heteroatoms. The van der Waals surface area contributed by atoms with Crippen LogP contribution in [-0.4, -0.2) is 36.4 Å². The Kier molecular flexibility index (Phi) is 5.17. The minimum absolute atomic E-state index is 0.391. The highest BCUT2D eigenvalue weighted by Crippen LogP contribution is 2.37. The van der Waals surface area contributed by atoms with Gasteiger partial charge in [0.15, 0.2) is 5.82 Å². The van der Waals surface area contributed by atoms with Crippen molar-refractivity contribution in [2.24, 2.45) is 0 Å². The fourth-order valence-electron chi connectivity index (χ4n) is 5.35. The summed E-state index contributed by atoms with van der Waals surface area (Å²) in [5, 5.41) is 2.75. The normalized spacial score (nSPS) is 18.7. The Morgan fingerprint density at radius 2 is 1.31 bits per heavy atom. The Morgan fingerprint density at radius 1 is 0.694 bits per heavy atom. The van der Waals surface area contributed by atoms with Gasteiger partial charge in [-0.25, -0.2) is 9.97 Å². The largest absolute Gasteiger partial charge is 0.494 e. The molecule has 1 aromatic heterocycles. The van der Waals surface area contributed by atoms with Crippen LogP contribution in [0, 0.1) is 0 Å². The van der Waals surface area contributed by atoms with E-state index in [4.69, 9.17) is 19.3 Å². The maximum Gasteiger partial charge on any atom is 0.494 e. The molecule has 4 nitrogen and oxygen atoms in total. The first-order valence-electron chi connectivity index (χ1n) is 12.6. The molecule has 0 amide bonds. The van der Waals surface area contributed by atoms with E-state index in [-0.39, 0.29) is 0 Å². The monoisotopic (exact) mass is 490 g/mol. The van der Waals surface area contributed by atoms with Gasteiger partial charge >= 0.3 is 7.12 Å². The van der Waals surface area contributed by atoms with Crippen molar-refractivity contribution in [2.45, 2.75) is 52.0 Å². The lowest BCUT2D eigenvalue weighted by Gasteiger charge is -2.32. The average molecular weight is 490 g/mol. The summed E-state index contributed by atoms with van der Waals surface area (Å²) in [5.41, 5.74) is 5.66. The van der Waals surface area contributed by atoms with Gasteiger partial charge in [0, 0.05) is 11.1 Å². The van der Waals surface area contributed by atoms with Crippen molar-refractivity contribution in [3.8, 4) is 33.9 Å². The first-order valence-corrected chi connectivity index (χ1v) is 15.6. The molecule has 0 unspecified atom stereocenters. The third kappa shape index (κ3) is 3.51. The lowest BCUT2D eigenvalue weighted by Crippen LogP contribution is -2.50. The lowest BCUT2D eigenvalue weighted by molar-refractivity contribution is 0.00578. The van der Waals surface area contributed by atoms with Crippen molar-refractivity contribution in [2.75, 3.05) is 0 Å². The Hall–Kier alpha value is -3.06. The summed E-state index contributed by atoms with van der Waals surface area (Å²) in [6, 6.07) is 27.6. The van der Waals surface area contributed by atoms with Crippen LogP contribution in [0.1, 0.15) is 27.7 Å². The Morgan fingerprint density at radius 3 is 2.03 bits per heavy atom. The van der Waals surface area contributed by atoms with Crippen molar-refractivity contribution >= 4 is 31.0 Å². The molecule has 0 radical (unpaired) electrons. The van der Waals surface area contributed by atoms with Crippen LogP contribution < -0.4 is 15.8 Å². The molecule has 180 valence electrons. The molecule has 0 aliphatic carbocycles. The second-order valence-electron chi connectivity index (χ2n) is 11.4. The molecule has 4 aromatic rings. The van der Waals surface area contributed by atoms with E-state index in [2.05, 4.69) is 114 Å². The Balaban J connectivity index is 1.53. The number of fused-ring (bicyclic) bond motifs is 3. The number of aromatic nitrogens is 2. The zero-order valence-corrected chi connectivity index (χ0v) is 22.8. The van der Waals surface area contributed by atoms with Crippen LogP contribution in [0.5, 0.6) is 0 Å². The van der Waals surface area contributed by atoms with Crippen LogP contribution in [0.15, 0.2) is 78.9 Å². The van der Waals surface area contributed by atoms with E-state index in [1.807, 2.05) is 6.07 Å². The molecule has 0 spiro atoms. The molecular formula is C30H31BN2O2Si. The van der Waals surface area contributed by atoms with Gasteiger partial charge < -0.3 is 9.31 Å². The maximum absolute atomic E-state index is 6.32. The summed E-state index contributed by atoms with van der Waals surface area (Å²) < 4.78 is 12.6. The highest BCUT2D eigenvalue weighted by molar-refractivity contribution is 7.04. The minimum atomic E-state index is -1.96. The predicted octanol–water partition coefficient (Wildman–Crippen LogP) is 4.91. The Labute approximate surface area is 214 Å². The summed E-state index contributed by atoms with van der Waals surface area (Å²) in [4.78, 5) is 10.4. The van der Waals surface area contributed by atoms with Crippen LogP contribution in [-0.2, 0) is 9.31 Å². The van der Waals surface area contributed by atoms with Gasteiger partial charge in [-0.3, -0.25) is 0 Å². The fraction of sp³-hybridized carbons (Fsp3) is 0.267. The van der Waals surface area contributed by atoms with Gasteiger partial charge in [-0.1, -0.05) is 92.0 Å². The first-order chi connectivity index (χ1) is 17.1. The van der Waals surface area contributed by atoms with Crippen molar-refractivity contribution in [1.82, 2.24) is 9.97 Å². The predicted molar refractivity (Wildman–Crippen MR) is 151 cm³/mol. The summed E-state index contributed by atoms with van der Waals surface area (Å²) in [6.07, 6.45) is 0. The van der Waals surface area contributed by atoms with Crippen LogP contribution in [0.2, 0.25) is 13.1 Å². The van der Waals surface area contributed by atoms with Gasteiger partial charge in [0.2, 0.25) is 0 Å². The molecule has 1 saturated heterocycles. The lowest BCUT2D eigenvalue weighted by atomic mass is 9.78.